The number of carbonyl (C=O) groups excluding carboxylic acids is 1. The fraction of sp³-hybridized carbons (Fsp3) is 0.286. The number of ether oxygens (including phenoxy) is 2. The van der Waals surface area contributed by atoms with Crippen molar-refractivity contribution in [3.8, 4) is 11.5 Å². The third-order valence-corrected chi connectivity index (χ3v) is 4.84. The largest absolute Gasteiger partial charge is 0.485 e. The SMILES string of the molecule is Cc1noc(C)c1S(=O)(=O)NNC(=O)[C@@H]1COc2ccccc2O1. The fourth-order valence-electron chi connectivity index (χ4n) is 2.26. The summed E-state index contributed by atoms with van der Waals surface area (Å²) in [7, 11) is -4.01. The molecular weight excluding hydrogens is 338 g/mol. The molecule has 9 nitrogen and oxygen atoms in total. The highest BCUT2D eigenvalue weighted by molar-refractivity contribution is 7.89. The summed E-state index contributed by atoms with van der Waals surface area (Å²) < 4.78 is 40.2. The molecule has 24 heavy (non-hydrogen) atoms. The molecule has 0 saturated carbocycles. The van der Waals surface area contributed by atoms with Crippen LogP contribution in [0.4, 0.5) is 0 Å². The van der Waals surface area contributed by atoms with Gasteiger partial charge < -0.3 is 14.0 Å². The van der Waals surface area contributed by atoms with Crippen molar-refractivity contribution in [1.82, 2.24) is 15.4 Å². The molecule has 2 N–H and O–H groups in total. The van der Waals surface area contributed by atoms with Gasteiger partial charge in [0.15, 0.2) is 17.3 Å². The molecule has 3 rings (SSSR count). The Hall–Kier alpha value is -2.59. The van der Waals surface area contributed by atoms with Crippen LogP contribution in [0, 0.1) is 13.8 Å². The zero-order chi connectivity index (χ0) is 17.3. The first kappa shape index (κ1) is 16.3. The first-order valence-corrected chi connectivity index (χ1v) is 8.50. The summed E-state index contributed by atoms with van der Waals surface area (Å²) >= 11 is 0. The number of nitrogens with zero attached hydrogens (tertiary/aromatic N) is 1. The number of hydrazine groups is 1. The van der Waals surface area contributed by atoms with E-state index in [1.54, 1.807) is 24.3 Å². The molecule has 1 aliphatic rings. The molecule has 0 saturated heterocycles. The molecule has 0 aliphatic carbocycles. The number of aryl methyl sites for hydroxylation is 2. The summed E-state index contributed by atoms with van der Waals surface area (Å²) in [4.78, 5) is 14.0. The molecule has 0 spiro atoms. The number of para-hydroxylation sites is 2. The zero-order valence-electron chi connectivity index (χ0n) is 12.9. The van der Waals surface area contributed by atoms with Crippen molar-refractivity contribution in [2.75, 3.05) is 6.61 Å². The van der Waals surface area contributed by atoms with Gasteiger partial charge in [0.2, 0.25) is 6.10 Å². The number of benzene rings is 1. The minimum Gasteiger partial charge on any atom is -0.485 e. The van der Waals surface area contributed by atoms with Crippen molar-refractivity contribution < 1.29 is 27.2 Å². The van der Waals surface area contributed by atoms with Gasteiger partial charge in [-0.1, -0.05) is 17.3 Å². The van der Waals surface area contributed by atoms with Crippen LogP contribution < -0.4 is 19.7 Å². The van der Waals surface area contributed by atoms with Gasteiger partial charge in [-0.15, -0.1) is 4.83 Å². The quantitative estimate of drug-likeness (QED) is 0.765. The van der Waals surface area contributed by atoms with E-state index in [1.807, 2.05) is 4.83 Å². The number of rotatable bonds is 4. The molecule has 1 atom stereocenters. The Bertz CT molecular complexity index is 857. The lowest BCUT2D eigenvalue weighted by atomic mass is 10.2. The lowest BCUT2D eigenvalue weighted by Gasteiger charge is -2.25. The predicted molar refractivity (Wildman–Crippen MR) is 80.8 cm³/mol. The number of fused-ring (bicyclic) bond motifs is 1. The van der Waals surface area contributed by atoms with Crippen molar-refractivity contribution in [1.29, 1.82) is 0 Å². The lowest BCUT2D eigenvalue weighted by molar-refractivity contribution is -0.130. The highest BCUT2D eigenvalue weighted by atomic mass is 32.2. The smallest absolute Gasteiger partial charge is 0.279 e. The highest BCUT2D eigenvalue weighted by Crippen LogP contribution is 2.30. The minimum absolute atomic E-state index is 0.0318. The average molecular weight is 353 g/mol. The molecule has 0 radical (unpaired) electrons. The number of carbonyl (C=O) groups is 1. The van der Waals surface area contributed by atoms with Crippen LogP contribution in [0.1, 0.15) is 11.5 Å². The Balaban J connectivity index is 1.66. The van der Waals surface area contributed by atoms with E-state index in [-0.39, 0.29) is 23.0 Å². The van der Waals surface area contributed by atoms with E-state index in [0.29, 0.717) is 11.5 Å². The molecule has 1 aliphatic heterocycles. The van der Waals surface area contributed by atoms with Gasteiger partial charge in [-0.05, 0) is 26.0 Å². The maximum atomic E-state index is 12.2. The lowest BCUT2D eigenvalue weighted by Crippen LogP contribution is -2.50. The van der Waals surface area contributed by atoms with E-state index in [9.17, 15) is 13.2 Å². The van der Waals surface area contributed by atoms with Gasteiger partial charge in [-0.3, -0.25) is 10.2 Å². The maximum Gasteiger partial charge on any atom is 0.279 e. The Morgan fingerprint density at radius 2 is 1.96 bits per heavy atom. The van der Waals surface area contributed by atoms with E-state index in [2.05, 4.69) is 10.6 Å². The summed E-state index contributed by atoms with van der Waals surface area (Å²) in [5, 5.41) is 3.57. The van der Waals surface area contributed by atoms with Crippen LogP contribution in [0.15, 0.2) is 33.7 Å². The number of hydrogen-bond donors (Lipinski definition) is 2. The predicted octanol–water partition coefficient (Wildman–Crippen LogP) is 0.441. The van der Waals surface area contributed by atoms with Crippen LogP contribution in [0.3, 0.4) is 0 Å². The first-order valence-electron chi connectivity index (χ1n) is 7.01. The van der Waals surface area contributed by atoms with Crippen molar-refractivity contribution in [3.63, 3.8) is 0 Å². The molecule has 1 aromatic carbocycles. The van der Waals surface area contributed by atoms with E-state index >= 15 is 0 Å². The van der Waals surface area contributed by atoms with Crippen molar-refractivity contribution >= 4 is 15.9 Å². The summed E-state index contributed by atoms with van der Waals surface area (Å²) in [6, 6.07) is 6.88. The van der Waals surface area contributed by atoms with Crippen LogP contribution in [0.25, 0.3) is 0 Å². The average Bonchev–Trinajstić information content (AvgIpc) is 2.91. The van der Waals surface area contributed by atoms with Gasteiger partial charge in [-0.2, -0.15) is 0 Å². The van der Waals surface area contributed by atoms with E-state index in [1.165, 1.54) is 13.8 Å². The molecule has 2 heterocycles. The van der Waals surface area contributed by atoms with Gasteiger partial charge in [0.25, 0.3) is 15.9 Å². The molecule has 0 bridgehead atoms. The van der Waals surface area contributed by atoms with Crippen molar-refractivity contribution in [3.05, 3.63) is 35.7 Å². The minimum atomic E-state index is -4.01. The third-order valence-electron chi connectivity index (χ3n) is 3.35. The van der Waals surface area contributed by atoms with Crippen LogP contribution in [0.5, 0.6) is 11.5 Å². The highest BCUT2D eigenvalue weighted by Gasteiger charge is 2.30. The maximum absolute atomic E-state index is 12.2. The van der Waals surface area contributed by atoms with Crippen molar-refractivity contribution in [2.24, 2.45) is 0 Å². The van der Waals surface area contributed by atoms with Gasteiger partial charge >= 0.3 is 0 Å². The number of aromatic nitrogens is 1. The number of hydrogen-bond acceptors (Lipinski definition) is 7. The summed E-state index contributed by atoms with van der Waals surface area (Å²) in [6.07, 6.45) is -0.979. The molecule has 128 valence electrons. The molecule has 0 fully saturated rings. The van der Waals surface area contributed by atoms with Gasteiger partial charge in [-0.25, -0.2) is 8.42 Å². The molecular formula is C14H15N3O6S. The van der Waals surface area contributed by atoms with Gasteiger partial charge in [0.1, 0.15) is 17.2 Å². The van der Waals surface area contributed by atoms with E-state index in [0.717, 1.165) is 0 Å². The Morgan fingerprint density at radius 1 is 1.25 bits per heavy atom. The third kappa shape index (κ3) is 3.05. The summed E-state index contributed by atoms with van der Waals surface area (Å²) in [6.45, 7) is 2.92. The fourth-order valence-corrected chi connectivity index (χ4v) is 3.43. The molecule has 2 aromatic rings. The van der Waals surface area contributed by atoms with Crippen LogP contribution in [0.2, 0.25) is 0 Å². The van der Waals surface area contributed by atoms with Crippen LogP contribution in [-0.4, -0.2) is 32.2 Å². The monoisotopic (exact) mass is 353 g/mol. The first-order chi connectivity index (χ1) is 11.4. The van der Waals surface area contributed by atoms with Gasteiger partial charge in [0, 0.05) is 0 Å². The molecule has 1 amide bonds. The topological polar surface area (TPSA) is 120 Å². The summed E-state index contributed by atoms with van der Waals surface area (Å²) in [5.74, 6) is 0.385. The number of amides is 1. The van der Waals surface area contributed by atoms with Crippen molar-refractivity contribution in [2.45, 2.75) is 24.8 Å². The molecule has 10 heteroatoms. The Kier molecular flexibility index (Phi) is 4.16. The van der Waals surface area contributed by atoms with E-state index < -0.39 is 22.0 Å². The van der Waals surface area contributed by atoms with Gasteiger partial charge in [0.05, 0.1) is 0 Å². The van der Waals surface area contributed by atoms with Crippen LogP contribution in [-0.2, 0) is 14.8 Å². The second kappa shape index (κ2) is 6.13. The molecule has 1 aromatic heterocycles. The normalized spacial score (nSPS) is 16.7. The standard InChI is InChI=1S/C14H15N3O6S/c1-8-13(9(2)23-16-8)24(19,20)17-15-14(18)12-7-21-10-5-3-4-6-11(10)22-12/h3-6,12,17H,7H2,1-2H3,(H,15,18)/t12-/m0/s1. The van der Waals surface area contributed by atoms with E-state index in [4.69, 9.17) is 14.0 Å². The Morgan fingerprint density at radius 3 is 2.62 bits per heavy atom. The second-order valence-corrected chi connectivity index (χ2v) is 6.73. The Labute approximate surface area is 137 Å². The zero-order valence-corrected chi connectivity index (χ0v) is 13.7. The number of nitrogens with one attached hydrogen (secondary N) is 2. The summed E-state index contributed by atoms with van der Waals surface area (Å²) in [5.41, 5.74) is 2.31. The molecule has 0 unspecified atom stereocenters. The second-order valence-electron chi connectivity index (χ2n) is 5.11. The van der Waals surface area contributed by atoms with Crippen LogP contribution >= 0.6 is 0 Å². The number of sulfonamides is 1.